The summed E-state index contributed by atoms with van der Waals surface area (Å²) in [5.74, 6) is -2.14. The number of phenolic OH excluding ortho intramolecular Hbond substituents is 2. The Morgan fingerprint density at radius 3 is 1.29 bits per heavy atom. The van der Waals surface area contributed by atoms with Crippen molar-refractivity contribution in [2.75, 3.05) is 24.6 Å². The van der Waals surface area contributed by atoms with Crippen molar-refractivity contribution in [1.29, 1.82) is 0 Å². The predicted octanol–water partition coefficient (Wildman–Crippen LogP) is 0.603. The highest BCUT2D eigenvalue weighted by Crippen LogP contribution is 2.36. The molecule has 0 aromatic heterocycles. The Balaban J connectivity index is 3.22. The highest BCUT2D eigenvalue weighted by molar-refractivity contribution is 7.94. The van der Waals surface area contributed by atoms with Gasteiger partial charge in [0, 0.05) is 69.1 Å². The molecule has 0 saturated heterocycles. The molecule has 0 saturated carbocycles. The van der Waals surface area contributed by atoms with Crippen LogP contribution in [0.2, 0.25) is 0 Å². The van der Waals surface area contributed by atoms with Crippen LogP contribution in [0.4, 0.5) is 0 Å². The highest BCUT2D eigenvalue weighted by atomic mass is 32.2. The van der Waals surface area contributed by atoms with E-state index in [4.69, 9.17) is 0 Å². The van der Waals surface area contributed by atoms with Gasteiger partial charge >= 0.3 is 0 Å². The molecule has 10 nitrogen and oxygen atoms in total. The van der Waals surface area contributed by atoms with Gasteiger partial charge in [-0.2, -0.15) is 0 Å². The molecule has 0 aliphatic heterocycles. The quantitative estimate of drug-likeness (QED) is 0.236. The van der Waals surface area contributed by atoms with Crippen molar-refractivity contribution in [3.05, 3.63) is 45.5 Å². The predicted molar refractivity (Wildman–Crippen MR) is 149 cm³/mol. The van der Waals surface area contributed by atoms with E-state index in [1.54, 1.807) is 27.7 Å². The molecule has 0 bridgehead atoms. The summed E-state index contributed by atoms with van der Waals surface area (Å²) < 4.78 is 46.2. The molecule has 0 radical (unpaired) electrons. The summed E-state index contributed by atoms with van der Waals surface area (Å²) in [7, 11) is -6.96. The molecule has 0 aliphatic rings. The molecule has 1 aromatic carbocycles. The van der Waals surface area contributed by atoms with Crippen LogP contribution >= 0.6 is 0 Å². The number of amides is 2. The maximum atomic E-state index is 12.5. The Kier molecular flexibility index (Phi) is 10.5. The number of carbonyl (C=O) groups is 2. The Labute approximate surface area is 224 Å². The highest BCUT2D eigenvalue weighted by Gasteiger charge is 2.35. The van der Waals surface area contributed by atoms with Crippen molar-refractivity contribution < 1.29 is 36.6 Å². The number of carbonyl (C=O) groups excluding carboxylic acids is 2. The Morgan fingerprint density at radius 2 is 1.03 bits per heavy atom. The third-order valence-corrected chi connectivity index (χ3v) is 8.69. The topological polar surface area (TPSA) is 167 Å². The molecule has 0 aliphatic carbocycles. The molecular weight excluding hydrogens is 532 g/mol. The first-order valence-corrected chi connectivity index (χ1v) is 15.1. The van der Waals surface area contributed by atoms with E-state index in [9.17, 15) is 36.6 Å². The lowest BCUT2D eigenvalue weighted by molar-refractivity contribution is -0.122. The van der Waals surface area contributed by atoms with E-state index in [1.807, 2.05) is 0 Å². The molecule has 0 unspecified atom stereocenters. The van der Waals surface area contributed by atoms with Crippen LogP contribution in [-0.4, -0.2) is 63.5 Å². The number of hydrogen-bond donors (Lipinski definition) is 4. The number of aromatic hydroxyl groups is 2. The van der Waals surface area contributed by atoms with Gasteiger partial charge in [-0.15, -0.1) is 0 Å². The van der Waals surface area contributed by atoms with Crippen LogP contribution in [0.1, 0.15) is 51.7 Å². The average molecular weight is 571 g/mol. The fourth-order valence-corrected chi connectivity index (χ4v) is 5.33. The SMILES string of the molecule is C=CS(=O)(=O)CCNC(=O)CC(C)(C)c1c(O)c(=C)c(C(C)(C)CC(=O)NCCS(=O)(=O)C=C)c(O)c1=C. The van der Waals surface area contributed by atoms with Gasteiger partial charge in [0.05, 0.1) is 11.5 Å². The maximum absolute atomic E-state index is 12.5. The van der Waals surface area contributed by atoms with E-state index in [0.717, 1.165) is 10.8 Å². The van der Waals surface area contributed by atoms with Crippen LogP contribution in [-0.2, 0) is 40.1 Å². The Hall–Kier alpha value is -3.12. The second-order valence-corrected chi connectivity index (χ2v) is 14.4. The number of sulfone groups is 2. The third kappa shape index (κ3) is 8.45. The number of benzene rings is 1. The lowest BCUT2D eigenvalue weighted by atomic mass is 9.74. The van der Waals surface area contributed by atoms with Crippen LogP contribution in [0.15, 0.2) is 24.0 Å². The number of rotatable bonds is 14. The summed E-state index contributed by atoms with van der Waals surface area (Å²) in [5, 5.41) is 29.0. The second-order valence-electron chi connectivity index (χ2n) is 10.3. The van der Waals surface area contributed by atoms with E-state index >= 15 is 0 Å². The van der Waals surface area contributed by atoms with Gasteiger partial charge in [0.2, 0.25) is 11.8 Å². The standard InChI is InChI=1S/C26H38N2O8S2/c1-9-37(33,34)13-11-27-19(29)15-25(5,6)21-17(3)24(32)22(18(4)23(21)31)26(7,8)16-20(30)28-12-14-38(35,36)10-2/h9-10,31-32H,1-4,11-16H2,5-8H3,(H,27,29)(H,28,30). The number of phenols is 2. The van der Waals surface area contributed by atoms with Crippen molar-refractivity contribution in [3.8, 4) is 11.5 Å². The van der Waals surface area contributed by atoms with E-state index in [1.165, 1.54) is 0 Å². The molecule has 1 rings (SSSR count). The summed E-state index contributed by atoms with van der Waals surface area (Å²) in [6.07, 6.45) is -0.316. The molecule has 38 heavy (non-hydrogen) atoms. The molecule has 0 atom stereocenters. The van der Waals surface area contributed by atoms with Crippen LogP contribution < -0.4 is 21.1 Å². The zero-order chi connectivity index (χ0) is 29.7. The smallest absolute Gasteiger partial charge is 0.220 e. The van der Waals surface area contributed by atoms with Gasteiger partial charge in [-0.3, -0.25) is 9.59 Å². The molecule has 0 heterocycles. The Bertz CT molecular complexity index is 1320. The van der Waals surface area contributed by atoms with E-state index in [0.29, 0.717) is 0 Å². The third-order valence-electron chi connectivity index (χ3n) is 6.13. The lowest BCUT2D eigenvalue weighted by Crippen LogP contribution is -2.39. The number of hydrogen-bond acceptors (Lipinski definition) is 8. The van der Waals surface area contributed by atoms with Gasteiger partial charge in [0.25, 0.3) is 0 Å². The van der Waals surface area contributed by atoms with Crippen molar-refractivity contribution >= 4 is 44.6 Å². The second kappa shape index (κ2) is 12.2. The zero-order valence-corrected chi connectivity index (χ0v) is 24.0. The van der Waals surface area contributed by atoms with Gasteiger partial charge in [-0.25, -0.2) is 16.8 Å². The van der Waals surface area contributed by atoms with Gasteiger partial charge in [-0.05, 0) is 0 Å². The van der Waals surface area contributed by atoms with E-state index in [-0.39, 0.29) is 70.5 Å². The van der Waals surface area contributed by atoms with E-state index in [2.05, 4.69) is 36.9 Å². The average Bonchev–Trinajstić information content (AvgIpc) is 2.76. The van der Waals surface area contributed by atoms with Gasteiger partial charge in [0.1, 0.15) is 11.5 Å². The summed E-state index contributed by atoms with van der Waals surface area (Å²) >= 11 is 0. The molecule has 1 aromatic rings. The molecule has 2 amide bonds. The molecule has 4 N–H and O–H groups in total. The van der Waals surface area contributed by atoms with Crippen LogP contribution in [0, 0.1) is 0 Å². The first-order chi connectivity index (χ1) is 17.2. The van der Waals surface area contributed by atoms with Crippen molar-refractivity contribution in [3.63, 3.8) is 0 Å². The molecule has 212 valence electrons. The molecule has 0 spiro atoms. The lowest BCUT2D eigenvalue weighted by Gasteiger charge is -2.31. The fraction of sp³-hybridized carbons (Fsp3) is 0.462. The van der Waals surface area contributed by atoms with Crippen molar-refractivity contribution in [1.82, 2.24) is 10.6 Å². The zero-order valence-electron chi connectivity index (χ0n) is 22.4. The summed E-state index contributed by atoms with van der Waals surface area (Å²) in [6, 6.07) is 0. The monoisotopic (exact) mass is 570 g/mol. The summed E-state index contributed by atoms with van der Waals surface area (Å²) in [4.78, 5) is 25.0. The Morgan fingerprint density at radius 1 is 0.737 bits per heavy atom. The largest absolute Gasteiger partial charge is 0.507 e. The first-order valence-electron chi connectivity index (χ1n) is 11.7. The fourth-order valence-electron chi connectivity index (χ4n) is 4.22. The van der Waals surface area contributed by atoms with E-state index < -0.39 is 42.3 Å². The minimum atomic E-state index is -3.48. The summed E-state index contributed by atoms with van der Waals surface area (Å²) in [5.41, 5.74) is -1.70. The van der Waals surface area contributed by atoms with Crippen molar-refractivity contribution in [2.45, 2.75) is 51.4 Å². The first kappa shape index (κ1) is 32.9. The maximum Gasteiger partial charge on any atom is 0.220 e. The van der Waals surface area contributed by atoms with Gasteiger partial charge < -0.3 is 20.8 Å². The molecule has 12 heteroatoms. The van der Waals surface area contributed by atoms with Crippen LogP contribution in [0.3, 0.4) is 0 Å². The van der Waals surface area contributed by atoms with Crippen molar-refractivity contribution in [2.24, 2.45) is 0 Å². The van der Waals surface area contributed by atoms with Gasteiger partial charge in [0.15, 0.2) is 19.7 Å². The minimum absolute atomic E-state index is 0.0579. The van der Waals surface area contributed by atoms with Crippen LogP contribution in [0.5, 0.6) is 11.5 Å². The van der Waals surface area contributed by atoms with Gasteiger partial charge in [-0.1, -0.05) is 54.0 Å². The number of nitrogens with one attached hydrogen (secondary N) is 2. The summed E-state index contributed by atoms with van der Waals surface area (Å²) in [6.45, 7) is 20.6. The van der Waals surface area contributed by atoms with Crippen LogP contribution in [0.25, 0.3) is 13.2 Å². The molecule has 0 fully saturated rings. The normalized spacial score (nSPS) is 12.5. The molecular formula is C26H38N2O8S2. The minimum Gasteiger partial charge on any atom is -0.507 e.